The van der Waals surface area contributed by atoms with Gasteiger partial charge in [-0.15, -0.1) is 0 Å². The number of aliphatic carboxylic acids is 1. The SMILES string of the molecule is CC(C)(N)C/C=C/C(=O)O.CNC(=O)[C@@H](Cc1ccccc1)N(C)C(=O)[C@@H](Cc1ccc2ccccc2c1)NC. The topological polar surface area (TPSA) is 125 Å². The van der Waals surface area contributed by atoms with Gasteiger partial charge < -0.3 is 26.4 Å². The lowest BCUT2D eigenvalue weighted by Gasteiger charge is -2.30. The molecular weight excluding hydrogens is 504 g/mol. The van der Waals surface area contributed by atoms with Crippen LogP contribution in [0.3, 0.4) is 0 Å². The highest BCUT2D eigenvalue weighted by molar-refractivity contribution is 5.90. The number of carboxylic acid groups (broad SMARTS) is 1. The smallest absolute Gasteiger partial charge is 0.327 e. The number of carboxylic acids is 1. The van der Waals surface area contributed by atoms with Gasteiger partial charge >= 0.3 is 5.97 Å². The molecule has 0 unspecified atom stereocenters. The quantitative estimate of drug-likeness (QED) is 0.273. The summed E-state index contributed by atoms with van der Waals surface area (Å²) in [5.74, 6) is -1.20. The molecule has 3 rings (SSSR count). The first-order valence-corrected chi connectivity index (χ1v) is 13.3. The number of likely N-dealkylation sites (N-methyl/N-ethyl adjacent to an activating group) is 3. The van der Waals surface area contributed by atoms with Crippen molar-refractivity contribution in [1.82, 2.24) is 15.5 Å². The van der Waals surface area contributed by atoms with Gasteiger partial charge in [0.2, 0.25) is 11.8 Å². The molecule has 2 atom stereocenters. The van der Waals surface area contributed by atoms with E-state index >= 15 is 0 Å². The lowest BCUT2D eigenvalue weighted by molar-refractivity contribution is -0.140. The third kappa shape index (κ3) is 10.6. The van der Waals surface area contributed by atoms with Crippen molar-refractivity contribution in [1.29, 1.82) is 0 Å². The zero-order valence-corrected chi connectivity index (χ0v) is 24.1. The normalized spacial score (nSPS) is 12.8. The fraction of sp³-hybridized carbons (Fsp3) is 0.344. The molecule has 0 saturated carbocycles. The minimum absolute atomic E-state index is 0.102. The number of amides is 2. The third-order valence-electron chi connectivity index (χ3n) is 6.44. The molecule has 0 bridgehead atoms. The van der Waals surface area contributed by atoms with E-state index in [2.05, 4.69) is 41.0 Å². The number of nitrogens with one attached hydrogen (secondary N) is 2. The van der Waals surface area contributed by atoms with Crippen LogP contribution in [0.5, 0.6) is 0 Å². The number of carbonyl (C=O) groups excluding carboxylic acids is 2. The zero-order valence-electron chi connectivity index (χ0n) is 24.1. The summed E-state index contributed by atoms with van der Waals surface area (Å²) < 4.78 is 0. The van der Waals surface area contributed by atoms with Crippen LogP contribution in [0.1, 0.15) is 31.4 Å². The van der Waals surface area contributed by atoms with E-state index in [-0.39, 0.29) is 17.4 Å². The van der Waals surface area contributed by atoms with E-state index in [1.165, 1.54) is 5.39 Å². The Hall–Kier alpha value is -4.01. The average Bonchev–Trinajstić information content (AvgIpc) is 2.93. The molecule has 0 aliphatic carbocycles. The van der Waals surface area contributed by atoms with Crippen LogP contribution < -0.4 is 16.4 Å². The van der Waals surface area contributed by atoms with Crippen LogP contribution in [0, 0.1) is 0 Å². The van der Waals surface area contributed by atoms with E-state index in [1.807, 2.05) is 56.3 Å². The Labute approximate surface area is 237 Å². The molecule has 0 aliphatic rings. The Balaban J connectivity index is 0.000000478. The summed E-state index contributed by atoms with van der Waals surface area (Å²) in [6.45, 7) is 3.69. The molecule has 0 aromatic heterocycles. The summed E-state index contributed by atoms with van der Waals surface area (Å²) in [6.07, 6.45) is 4.27. The Morgan fingerprint density at radius 1 is 0.925 bits per heavy atom. The minimum Gasteiger partial charge on any atom is -0.478 e. The highest BCUT2D eigenvalue weighted by Crippen LogP contribution is 2.18. The summed E-state index contributed by atoms with van der Waals surface area (Å²) >= 11 is 0. The van der Waals surface area contributed by atoms with Crippen molar-refractivity contribution in [3.8, 4) is 0 Å². The molecule has 3 aromatic carbocycles. The van der Waals surface area contributed by atoms with Crippen LogP contribution in [0.15, 0.2) is 84.9 Å². The van der Waals surface area contributed by atoms with Gasteiger partial charge in [-0.05, 0) is 55.6 Å². The van der Waals surface area contributed by atoms with Gasteiger partial charge in [0.1, 0.15) is 6.04 Å². The predicted octanol–water partition coefficient (Wildman–Crippen LogP) is 3.54. The van der Waals surface area contributed by atoms with Crippen LogP contribution in [-0.4, -0.2) is 66.6 Å². The zero-order chi connectivity index (χ0) is 29.7. The average molecular weight is 547 g/mol. The van der Waals surface area contributed by atoms with Gasteiger partial charge in [0.25, 0.3) is 0 Å². The molecule has 0 saturated heterocycles. The van der Waals surface area contributed by atoms with Gasteiger partial charge in [0.05, 0.1) is 6.04 Å². The Morgan fingerprint density at radius 2 is 1.55 bits per heavy atom. The number of nitrogens with zero attached hydrogens (tertiary/aromatic N) is 1. The minimum atomic E-state index is -0.927. The van der Waals surface area contributed by atoms with E-state index < -0.39 is 18.1 Å². The summed E-state index contributed by atoms with van der Waals surface area (Å²) in [4.78, 5) is 37.4. The van der Waals surface area contributed by atoms with E-state index in [0.29, 0.717) is 19.3 Å². The molecule has 3 aromatic rings. The van der Waals surface area contributed by atoms with E-state index in [4.69, 9.17) is 10.8 Å². The van der Waals surface area contributed by atoms with Gasteiger partial charge in [-0.1, -0.05) is 78.9 Å². The molecule has 0 heterocycles. The first-order valence-electron chi connectivity index (χ1n) is 13.3. The standard InChI is InChI=1S/C25H29N3O2.C7H13NO2/c1-26-22(16-19-13-14-20-11-7-8-12-21(20)15-19)25(30)28(3)23(24(29)27-2)17-18-9-5-4-6-10-18;1-7(2,8)5-3-4-6(9)10/h4-15,22-23,26H,16-17H2,1-3H3,(H,27,29);3-4H,5,8H2,1-2H3,(H,9,10)/b;4-3+/t22-,23-;/m1./s1. The maximum absolute atomic E-state index is 13.3. The first kappa shape index (κ1) is 32.2. The number of hydrogen-bond donors (Lipinski definition) is 4. The van der Waals surface area contributed by atoms with Crippen molar-refractivity contribution >= 4 is 28.6 Å². The van der Waals surface area contributed by atoms with E-state index in [9.17, 15) is 14.4 Å². The van der Waals surface area contributed by atoms with Gasteiger partial charge in [-0.25, -0.2) is 4.79 Å². The predicted molar refractivity (Wildman–Crippen MR) is 161 cm³/mol. The third-order valence-corrected chi connectivity index (χ3v) is 6.44. The molecule has 8 heteroatoms. The number of nitrogens with two attached hydrogens (primary N) is 1. The second-order valence-electron chi connectivity index (χ2n) is 10.4. The fourth-order valence-corrected chi connectivity index (χ4v) is 4.19. The maximum Gasteiger partial charge on any atom is 0.327 e. The molecule has 0 fully saturated rings. The van der Waals surface area contributed by atoms with Gasteiger partial charge in [-0.3, -0.25) is 9.59 Å². The Bertz CT molecular complexity index is 1280. The molecule has 5 N–H and O–H groups in total. The summed E-state index contributed by atoms with van der Waals surface area (Å²) in [5.41, 5.74) is 7.36. The molecule has 2 amide bonds. The molecular formula is C32H42N4O4. The second-order valence-corrected chi connectivity index (χ2v) is 10.4. The monoisotopic (exact) mass is 546 g/mol. The van der Waals surface area contributed by atoms with Crippen LogP contribution >= 0.6 is 0 Å². The van der Waals surface area contributed by atoms with E-state index in [0.717, 1.165) is 22.6 Å². The summed E-state index contributed by atoms with van der Waals surface area (Å²) in [6, 6.07) is 23.2. The Morgan fingerprint density at radius 3 is 2.12 bits per heavy atom. The number of benzene rings is 3. The number of rotatable bonds is 11. The number of fused-ring (bicyclic) bond motifs is 1. The van der Waals surface area contributed by atoms with Gasteiger partial charge in [-0.2, -0.15) is 0 Å². The molecule has 0 aliphatic heterocycles. The van der Waals surface area contributed by atoms with Crippen molar-refractivity contribution in [3.63, 3.8) is 0 Å². The molecule has 0 spiro atoms. The van der Waals surface area contributed by atoms with Crippen molar-refractivity contribution < 1.29 is 19.5 Å². The van der Waals surface area contributed by atoms with Crippen LogP contribution in [0.2, 0.25) is 0 Å². The van der Waals surface area contributed by atoms with Crippen LogP contribution in [0.4, 0.5) is 0 Å². The second kappa shape index (κ2) is 15.5. The fourth-order valence-electron chi connectivity index (χ4n) is 4.19. The lowest BCUT2D eigenvalue weighted by Crippen LogP contribution is -2.53. The maximum atomic E-state index is 13.3. The van der Waals surface area contributed by atoms with Crippen molar-refractivity contribution in [2.45, 2.75) is 50.7 Å². The van der Waals surface area contributed by atoms with Crippen molar-refractivity contribution in [2.75, 3.05) is 21.1 Å². The highest BCUT2D eigenvalue weighted by Gasteiger charge is 2.30. The number of hydrogen-bond acceptors (Lipinski definition) is 5. The van der Waals surface area contributed by atoms with Gasteiger partial charge in [0.15, 0.2) is 0 Å². The summed E-state index contributed by atoms with van der Waals surface area (Å²) in [7, 11) is 5.09. The Kier molecular flexibility index (Phi) is 12.5. The molecule has 40 heavy (non-hydrogen) atoms. The van der Waals surface area contributed by atoms with Crippen LogP contribution in [-0.2, 0) is 27.2 Å². The lowest BCUT2D eigenvalue weighted by atomic mass is 9.99. The first-order chi connectivity index (χ1) is 18.9. The molecule has 8 nitrogen and oxygen atoms in total. The van der Waals surface area contributed by atoms with Crippen molar-refractivity contribution in [3.05, 3.63) is 96.1 Å². The number of carbonyl (C=O) groups is 3. The van der Waals surface area contributed by atoms with Crippen LogP contribution in [0.25, 0.3) is 10.8 Å². The molecule has 0 radical (unpaired) electrons. The summed E-state index contributed by atoms with van der Waals surface area (Å²) in [5, 5.41) is 16.3. The van der Waals surface area contributed by atoms with E-state index in [1.54, 1.807) is 32.1 Å². The van der Waals surface area contributed by atoms with Gasteiger partial charge in [0, 0.05) is 32.1 Å². The largest absolute Gasteiger partial charge is 0.478 e. The highest BCUT2D eigenvalue weighted by atomic mass is 16.4. The van der Waals surface area contributed by atoms with Crippen molar-refractivity contribution in [2.24, 2.45) is 5.73 Å². The molecule has 214 valence electrons.